The summed E-state index contributed by atoms with van der Waals surface area (Å²) in [5.74, 6) is -0.0331. The van der Waals surface area contributed by atoms with Crippen LogP contribution in [0.5, 0.6) is 0 Å². The lowest BCUT2D eigenvalue weighted by Crippen LogP contribution is -2.44. The molecule has 2 N–H and O–H groups in total. The average Bonchev–Trinajstić information content (AvgIpc) is 2.46. The number of aryl methyl sites for hydroxylation is 1. The fraction of sp³-hybridized carbons (Fsp3) is 0.188. The second kappa shape index (κ2) is 5.31. The molecule has 4 heteroatoms. The predicted molar refractivity (Wildman–Crippen MR) is 82.6 cm³/mol. The molecule has 1 aliphatic heterocycles. The topological polar surface area (TPSA) is 46.3 Å². The lowest BCUT2D eigenvalue weighted by molar-refractivity contribution is -0.118. The van der Waals surface area contributed by atoms with Crippen LogP contribution in [0.1, 0.15) is 11.1 Å². The number of carbonyl (C=O) groups excluding carboxylic acids is 1. The number of rotatable bonds is 2. The van der Waals surface area contributed by atoms with Crippen molar-refractivity contribution < 1.29 is 4.79 Å². The number of fused-ring (bicyclic) bond motifs is 1. The van der Waals surface area contributed by atoms with Gasteiger partial charge in [-0.05, 0) is 24.6 Å². The average molecular weight is 284 g/mol. The maximum Gasteiger partial charge on any atom is 0.254 e. The van der Waals surface area contributed by atoms with Crippen LogP contribution in [0.25, 0.3) is 0 Å². The highest BCUT2D eigenvalue weighted by molar-refractivity contribution is 8.00. The van der Waals surface area contributed by atoms with E-state index in [1.54, 1.807) is 4.90 Å². The van der Waals surface area contributed by atoms with Gasteiger partial charge in [0, 0.05) is 4.90 Å². The summed E-state index contributed by atoms with van der Waals surface area (Å²) in [6.07, 6.45) is 0. The van der Waals surface area contributed by atoms with Crippen molar-refractivity contribution in [3.05, 3.63) is 59.7 Å². The Bertz CT molecular complexity index is 639. The van der Waals surface area contributed by atoms with E-state index in [-0.39, 0.29) is 5.91 Å². The number of hydrogen-bond donors (Lipinski definition) is 1. The first kappa shape index (κ1) is 13.2. The summed E-state index contributed by atoms with van der Waals surface area (Å²) in [7, 11) is 0. The van der Waals surface area contributed by atoms with E-state index in [0.717, 1.165) is 16.1 Å². The first-order chi connectivity index (χ1) is 9.65. The smallest absolute Gasteiger partial charge is 0.254 e. The lowest BCUT2D eigenvalue weighted by atomic mass is 10.1. The molecule has 0 saturated heterocycles. The molecule has 1 atom stereocenters. The van der Waals surface area contributed by atoms with Gasteiger partial charge in [0.05, 0.1) is 12.2 Å². The summed E-state index contributed by atoms with van der Waals surface area (Å²) in [6, 6.07) is 16.1. The van der Waals surface area contributed by atoms with Crippen molar-refractivity contribution in [2.45, 2.75) is 23.7 Å². The second-order valence-corrected chi connectivity index (χ2v) is 6.10. The van der Waals surface area contributed by atoms with Crippen molar-refractivity contribution in [1.29, 1.82) is 0 Å². The van der Waals surface area contributed by atoms with E-state index in [1.165, 1.54) is 17.3 Å². The highest BCUT2D eigenvalue weighted by Gasteiger charge is 2.30. The molecule has 1 unspecified atom stereocenters. The summed E-state index contributed by atoms with van der Waals surface area (Å²) >= 11 is 1.42. The highest BCUT2D eigenvalue weighted by Crippen LogP contribution is 2.37. The molecule has 1 aliphatic rings. The van der Waals surface area contributed by atoms with Crippen LogP contribution < -0.4 is 10.6 Å². The third-order valence-electron chi connectivity index (χ3n) is 3.38. The van der Waals surface area contributed by atoms with Crippen molar-refractivity contribution in [2.24, 2.45) is 5.73 Å². The molecule has 0 aliphatic carbocycles. The molecule has 0 saturated carbocycles. The van der Waals surface area contributed by atoms with Crippen LogP contribution in [0.3, 0.4) is 0 Å². The summed E-state index contributed by atoms with van der Waals surface area (Å²) < 4.78 is 0. The van der Waals surface area contributed by atoms with Crippen molar-refractivity contribution in [3.8, 4) is 0 Å². The van der Waals surface area contributed by atoms with Gasteiger partial charge in [0.2, 0.25) is 0 Å². The zero-order valence-corrected chi connectivity index (χ0v) is 12.1. The Hall–Kier alpha value is -1.78. The fourth-order valence-electron chi connectivity index (χ4n) is 2.28. The van der Waals surface area contributed by atoms with Gasteiger partial charge in [0.15, 0.2) is 0 Å². The van der Waals surface area contributed by atoms with Crippen LogP contribution in [0, 0.1) is 6.92 Å². The minimum atomic E-state index is -0.518. The van der Waals surface area contributed by atoms with E-state index in [2.05, 4.69) is 31.2 Å². The Morgan fingerprint density at radius 1 is 1.15 bits per heavy atom. The number of carbonyl (C=O) groups is 1. The van der Waals surface area contributed by atoms with Crippen LogP contribution in [-0.2, 0) is 11.3 Å². The van der Waals surface area contributed by atoms with Crippen LogP contribution in [0.4, 0.5) is 5.69 Å². The van der Waals surface area contributed by atoms with Crippen LogP contribution in [0.15, 0.2) is 53.4 Å². The van der Waals surface area contributed by atoms with Gasteiger partial charge in [-0.2, -0.15) is 0 Å². The van der Waals surface area contributed by atoms with Crippen LogP contribution in [-0.4, -0.2) is 11.3 Å². The van der Waals surface area contributed by atoms with Crippen molar-refractivity contribution >= 4 is 23.4 Å². The number of para-hydroxylation sites is 1. The van der Waals surface area contributed by atoms with E-state index in [0.29, 0.717) is 6.54 Å². The molecule has 0 radical (unpaired) electrons. The van der Waals surface area contributed by atoms with Gasteiger partial charge in [-0.15, -0.1) is 0 Å². The molecule has 20 heavy (non-hydrogen) atoms. The fourth-order valence-corrected chi connectivity index (χ4v) is 3.24. The number of benzene rings is 2. The molecule has 3 rings (SSSR count). The Labute approximate surface area is 122 Å². The van der Waals surface area contributed by atoms with Crippen molar-refractivity contribution in [3.63, 3.8) is 0 Å². The Morgan fingerprint density at radius 3 is 2.60 bits per heavy atom. The lowest BCUT2D eigenvalue weighted by Gasteiger charge is -2.32. The van der Waals surface area contributed by atoms with E-state index < -0.39 is 5.37 Å². The Kier molecular flexibility index (Phi) is 3.51. The van der Waals surface area contributed by atoms with Gasteiger partial charge >= 0.3 is 0 Å². The van der Waals surface area contributed by atoms with E-state index in [4.69, 9.17) is 5.73 Å². The molecule has 0 aromatic heterocycles. The number of nitrogens with zero attached hydrogens (tertiary/aromatic N) is 1. The molecule has 0 fully saturated rings. The quantitative estimate of drug-likeness (QED) is 0.922. The Balaban J connectivity index is 1.95. The predicted octanol–water partition coefficient (Wildman–Crippen LogP) is 2.92. The summed E-state index contributed by atoms with van der Waals surface area (Å²) in [4.78, 5) is 15.2. The molecule has 0 spiro atoms. The van der Waals surface area contributed by atoms with Gasteiger partial charge in [0.1, 0.15) is 5.37 Å². The zero-order chi connectivity index (χ0) is 14.1. The standard InChI is InChI=1S/C16H16N2OS/c1-11-6-8-12(9-7-11)10-18-13-4-2-3-5-14(13)20-15(17)16(18)19/h2-9,15H,10,17H2,1H3. The minimum absolute atomic E-state index is 0.0331. The molecule has 0 bridgehead atoms. The molecule has 2 aromatic carbocycles. The second-order valence-electron chi connectivity index (χ2n) is 4.92. The summed E-state index contributed by atoms with van der Waals surface area (Å²) in [5, 5.41) is -0.518. The summed E-state index contributed by atoms with van der Waals surface area (Å²) in [6.45, 7) is 2.61. The first-order valence-corrected chi connectivity index (χ1v) is 7.41. The van der Waals surface area contributed by atoms with Gasteiger partial charge in [-0.1, -0.05) is 53.7 Å². The maximum atomic E-state index is 12.3. The molecule has 1 heterocycles. The van der Waals surface area contributed by atoms with E-state index >= 15 is 0 Å². The largest absolute Gasteiger partial charge is 0.311 e. The van der Waals surface area contributed by atoms with Crippen molar-refractivity contribution in [1.82, 2.24) is 0 Å². The van der Waals surface area contributed by atoms with Gasteiger partial charge in [-0.3, -0.25) is 4.79 Å². The molecule has 2 aromatic rings. The van der Waals surface area contributed by atoms with Gasteiger partial charge in [0.25, 0.3) is 5.91 Å². The third kappa shape index (κ3) is 2.44. The SMILES string of the molecule is Cc1ccc(CN2C(=O)C(N)Sc3ccccc32)cc1. The monoisotopic (exact) mass is 284 g/mol. The first-order valence-electron chi connectivity index (χ1n) is 6.53. The van der Waals surface area contributed by atoms with Gasteiger partial charge in [-0.25, -0.2) is 0 Å². The number of anilines is 1. The van der Waals surface area contributed by atoms with Gasteiger partial charge < -0.3 is 10.6 Å². The van der Waals surface area contributed by atoms with E-state index in [1.807, 2.05) is 24.3 Å². The normalized spacial score (nSPS) is 18.0. The van der Waals surface area contributed by atoms with Crippen molar-refractivity contribution in [2.75, 3.05) is 4.90 Å². The summed E-state index contributed by atoms with van der Waals surface area (Å²) in [5.41, 5.74) is 9.21. The van der Waals surface area contributed by atoms with Crippen LogP contribution in [0.2, 0.25) is 0 Å². The van der Waals surface area contributed by atoms with Crippen LogP contribution >= 0.6 is 11.8 Å². The minimum Gasteiger partial charge on any atom is -0.311 e. The van der Waals surface area contributed by atoms with E-state index in [9.17, 15) is 4.79 Å². The number of nitrogens with two attached hydrogens (primary N) is 1. The third-order valence-corrected chi connectivity index (χ3v) is 4.44. The zero-order valence-electron chi connectivity index (χ0n) is 11.2. The molecule has 102 valence electrons. The molecular formula is C16H16N2OS. The molecular weight excluding hydrogens is 268 g/mol. The number of thioether (sulfide) groups is 1. The molecule has 3 nitrogen and oxygen atoms in total. The maximum absolute atomic E-state index is 12.3. The Morgan fingerprint density at radius 2 is 1.85 bits per heavy atom. The number of hydrogen-bond acceptors (Lipinski definition) is 3. The highest BCUT2D eigenvalue weighted by atomic mass is 32.2. The number of amides is 1. The molecule has 1 amide bonds.